The Morgan fingerprint density at radius 3 is 2.62 bits per heavy atom. The Hall–Kier alpha value is -4.28. The van der Waals surface area contributed by atoms with Gasteiger partial charge in [0, 0.05) is 13.5 Å². The third kappa shape index (κ3) is 9.39. The number of rotatable bonds is 8. The maximum Gasteiger partial charge on any atom is 0.255 e. The first-order valence-electron chi connectivity index (χ1n) is 14.2. The van der Waals surface area contributed by atoms with Crippen LogP contribution in [0.15, 0.2) is 42.5 Å². The number of nitrogens with one attached hydrogen (secondary N) is 3. The smallest absolute Gasteiger partial charge is 0.255 e. The normalized spacial score (nSPS) is 18.5. The van der Waals surface area contributed by atoms with Gasteiger partial charge < -0.3 is 35.1 Å². The number of hydrogen-bond donors (Lipinski definition) is 3. The highest BCUT2D eigenvalue weighted by molar-refractivity contribution is 5.99. The molecular formula is C31H42N4O7. The molecule has 228 valence electrons. The van der Waals surface area contributed by atoms with E-state index in [0.29, 0.717) is 23.7 Å². The molecule has 4 amide bonds. The molecule has 2 aromatic rings. The zero-order valence-corrected chi connectivity index (χ0v) is 25.0. The van der Waals surface area contributed by atoms with E-state index in [1.165, 1.54) is 4.90 Å². The average Bonchev–Trinajstić information content (AvgIpc) is 2.96. The summed E-state index contributed by atoms with van der Waals surface area (Å²) in [6, 6.07) is 10.5. The molecule has 0 bridgehead atoms. The van der Waals surface area contributed by atoms with Gasteiger partial charge in [-0.3, -0.25) is 19.2 Å². The number of fused-ring (bicyclic) bond motifs is 1. The van der Waals surface area contributed by atoms with E-state index in [4.69, 9.17) is 14.2 Å². The van der Waals surface area contributed by atoms with E-state index in [1.807, 2.05) is 32.9 Å². The number of likely N-dealkylation sites (N-methyl/N-ethyl adjacent to an activating group) is 1. The first-order valence-corrected chi connectivity index (χ1v) is 14.2. The Bertz CT molecular complexity index is 1250. The lowest BCUT2D eigenvalue weighted by atomic mass is 10.0. The molecule has 0 spiro atoms. The van der Waals surface area contributed by atoms with Crippen molar-refractivity contribution >= 4 is 23.6 Å². The fourth-order valence-corrected chi connectivity index (χ4v) is 4.54. The molecule has 0 unspecified atom stereocenters. The monoisotopic (exact) mass is 582 g/mol. The average molecular weight is 583 g/mol. The maximum absolute atomic E-state index is 13.3. The molecule has 0 aliphatic carbocycles. The van der Waals surface area contributed by atoms with Gasteiger partial charge in [-0.1, -0.05) is 32.0 Å². The molecule has 42 heavy (non-hydrogen) atoms. The highest BCUT2D eigenvalue weighted by atomic mass is 16.5. The Morgan fingerprint density at radius 2 is 1.88 bits per heavy atom. The van der Waals surface area contributed by atoms with Crippen molar-refractivity contribution in [3.05, 3.63) is 53.6 Å². The van der Waals surface area contributed by atoms with Gasteiger partial charge in [-0.25, -0.2) is 0 Å². The van der Waals surface area contributed by atoms with E-state index in [1.54, 1.807) is 44.5 Å². The Morgan fingerprint density at radius 1 is 1.12 bits per heavy atom. The van der Waals surface area contributed by atoms with Gasteiger partial charge in [0.2, 0.25) is 17.7 Å². The minimum Gasteiger partial charge on any atom is -0.493 e. The van der Waals surface area contributed by atoms with Gasteiger partial charge in [0.05, 0.1) is 25.8 Å². The van der Waals surface area contributed by atoms with E-state index in [0.717, 1.165) is 5.56 Å². The highest BCUT2D eigenvalue weighted by Gasteiger charge is 2.28. The summed E-state index contributed by atoms with van der Waals surface area (Å²) in [4.78, 5) is 54.1. The quantitative estimate of drug-likeness (QED) is 0.407. The van der Waals surface area contributed by atoms with Crippen molar-refractivity contribution in [2.45, 2.75) is 52.1 Å². The first-order chi connectivity index (χ1) is 20.1. The number of hydrogen-bond acceptors (Lipinski definition) is 7. The van der Waals surface area contributed by atoms with Crippen molar-refractivity contribution < 1.29 is 33.4 Å². The fourth-order valence-electron chi connectivity index (χ4n) is 4.54. The number of amides is 4. The molecule has 2 atom stereocenters. The van der Waals surface area contributed by atoms with Gasteiger partial charge in [-0.15, -0.1) is 0 Å². The van der Waals surface area contributed by atoms with Crippen molar-refractivity contribution in [2.75, 3.05) is 40.5 Å². The zero-order valence-electron chi connectivity index (χ0n) is 25.0. The Kier molecular flexibility index (Phi) is 12.0. The third-order valence-corrected chi connectivity index (χ3v) is 6.79. The summed E-state index contributed by atoms with van der Waals surface area (Å²) in [6.07, 6.45) is 0.418. The molecule has 1 aliphatic rings. The van der Waals surface area contributed by atoms with Crippen LogP contribution in [0.5, 0.6) is 17.2 Å². The van der Waals surface area contributed by atoms with Crippen LogP contribution < -0.4 is 30.2 Å². The molecule has 0 radical (unpaired) electrons. The van der Waals surface area contributed by atoms with Gasteiger partial charge in [-0.2, -0.15) is 0 Å². The van der Waals surface area contributed by atoms with Gasteiger partial charge in [0.25, 0.3) is 5.91 Å². The zero-order chi connectivity index (χ0) is 30.6. The van der Waals surface area contributed by atoms with E-state index in [-0.39, 0.29) is 62.4 Å². The van der Waals surface area contributed by atoms with Gasteiger partial charge >= 0.3 is 0 Å². The fraction of sp³-hybridized carbons (Fsp3) is 0.484. The molecule has 0 saturated carbocycles. The predicted octanol–water partition coefficient (Wildman–Crippen LogP) is 2.46. The lowest BCUT2D eigenvalue weighted by Crippen LogP contribution is -2.50. The second kappa shape index (κ2) is 15.6. The molecule has 2 aromatic carbocycles. The largest absolute Gasteiger partial charge is 0.493 e. The molecule has 1 heterocycles. The van der Waals surface area contributed by atoms with E-state index in [2.05, 4.69) is 16.0 Å². The minimum atomic E-state index is -1.02. The van der Waals surface area contributed by atoms with Gasteiger partial charge in [0.15, 0.2) is 11.5 Å². The van der Waals surface area contributed by atoms with Crippen LogP contribution in [0.1, 0.15) is 49.0 Å². The molecule has 11 nitrogen and oxygen atoms in total. The second-order valence-corrected chi connectivity index (χ2v) is 10.7. The number of benzene rings is 2. The topological polar surface area (TPSA) is 135 Å². The summed E-state index contributed by atoms with van der Waals surface area (Å²) < 4.78 is 17.0. The maximum atomic E-state index is 13.3. The highest BCUT2D eigenvalue weighted by Crippen LogP contribution is 2.27. The van der Waals surface area contributed by atoms with Crippen molar-refractivity contribution in [1.82, 2.24) is 20.9 Å². The molecule has 0 fully saturated rings. The predicted molar refractivity (Wildman–Crippen MR) is 158 cm³/mol. The van der Waals surface area contributed by atoms with Crippen LogP contribution in [0.3, 0.4) is 0 Å². The standard InChI is InChI=1S/C31H42N4O7/c1-20(2)18-24-31(39)35(4)15-17-42-25-9-7-6-8-22(25)29(37)34-23(11-13-28(36)33-24)30(38)32-14-16-41-26-12-10-21(3)19-27(26)40-5/h6-10,12,19-20,23-24H,11,13-18H2,1-5H3,(H,32,38)(H,33,36)(H,34,37)/t23-,24-/m0/s1. The number of carbonyl (C=O) groups excluding carboxylic acids is 4. The van der Waals surface area contributed by atoms with Crippen LogP contribution in [0.2, 0.25) is 0 Å². The molecule has 0 aromatic heterocycles. The number of aryl methyl sites for hydroxylation is 1. The van der Waals surface area contributed by atoms with Crippen LogP contribution in [-0.2, 0) is 14.4 Å². The summed E-state index contributed by atoms with van der Waals surface area (Å²) in [5.74, 6) is 0.0488. The van der Waals surface area contributed by atoms with Crippen LogP contribution >= 0.6 is 0 Å². The van der Waals surface area contributed by atoms with Gasteiger partial charge in [0.1, 0.15) is 31.0 Å². The summed E-state index contributed by atoms with van der Waals surface area (Å²) in [5.41, 5.74) is 1.27. The van der Waals surface area contributed by atoms with Crippen LogP contribution in [0.4, 0.5) is 0 Å². The summed E-state index contributed by atoms with van der Waals surface area (Å²) in [5, 5.41) is 8.36. The van der Waals surface area contributed by atoms with Crippen LogP contribution in [0, 0.1) is 12.8 Å². The number of para-hydroxylation sites is 1. The minimum absolute atomic E-state index is 0.0253. The second-order valence-electron chi connectivity index (χ2n) is 10.7. The first kappa shape index (κ1) is 32.2. The number of ether oxygens (including phenoxy) is 3. The molecule has 1 aliphatic heterocycles. The summed E-state index contributed by atoms with van der Waals surface area (Å²) in [6.45, 7) is 6.62. The lowest BCUT2D eigenvalue weighted by molar-refractivity contribution is -0.136. The summed E-state index contributed by atoms with van der Waals surface area (Å²) in [7, 11) is 3.21. The van der Waals surface area contributed by atoms with Crippen molar-refractivity contribution in [3.8, 4) is 17.2 Å². The van der Waals surface area contributed by atoms with Crippen molar-refractivity contribution in [3.63, 3.8) is 0 Å². The SMILES string of the molecule is COc1cc(C)ccc1OCCNC(=O)[C@@H]1CCC(=O)N[C@@H](CC(C)C)C(=O)N(C)CCOc2ccccc2C(=O)N1. The number of methoxy groups -OCH3 is 1. The van der Waals surface area contributed by atoms with Gasteiger partial charge in [-0.05, 0) is 55.5 Å². The molecule has 3 rings (SSSR count). The lowest BCUT2D eigenvalue weighted by Gasteiger charge is -2.26. The molecular weight excluding hydrogens is 540 g/mol. The Balaban J connectivity index is 1.74. The Labute approximate surface area is 247 Å². The van der Waals surface area contributed by atoms with Crippen LogP contribution in [-0.4, -0.2) is 81.1 Å². The summed E-state index contributed by atoms with van der Waals surface area (Å²) >= 11 is 0. The molecule has 0 saturated heterocycles. The van der Waals surface area contributed by atoms with Crippen molar-refractivity contribution in [1.29, 1.82) is 0 Å². The molecule has 3 N–H and O–H groups in total. The number of carbonyl (C=O) groups is 4. The van der Waals surface area contributed by atoms with Crippen molar-refractivity contribution in [2.24, 2.45) is 5.92 Å². The van der Waals surface area contributed by atoms with E-state index >= 15 is 0 Å². The van der Waals surface area contributed by atoms with E-state index in [9.17, 15) is 19.2 Å². The number of nitrogens with zero attached hydrogens (tertiary/aromatic N) is 1. The van der Waals surface area contributed by atoms with Crippen LogP contribution in [0.25, 0.3) is 0 Å². The molecule has 11 heteroatoms. The van der Waals surface area contributed by atoms with E-state index < -0.39 is 23.9 Å². The third-order valence-electron chi connectivity index (χ3n) is 6.79.